The fourth-order valence-corrected chi connectivity index (χ4v) is 12.4. The lowest BCUT2D eigenvalue weighted by Crippen LogP contribution is -1.90. The fourth-order valence-electron chi connectivity index (χ4n) is 4.14. The molecule has 0 amide bonds. The van der Waals surface area contributed by atoms with Crippen LogP contribution >= 0.6 is 70.6 Å². The molecule has 2 aromatic carbocycles. The lowest BCUT2D eigenvalue weighted by molar-refractivity contribution is 0.393. The maximum Gasteiger partial charge on any atom is 0.153 e. The van der Waals surface area contributed by atoms with Crippen molar-refractivity contribution in [2.45, 2.75) is 9.79 Å². The van der Waals surface area contributed by atoms with Crippen LogP contribution in [0.5, 0.6) is 23.0 Å². The van der Waals surface area contributed by atoms with E-state index in [9.17, 15) is 0 Å². The summed E-state index contributed by atoms with van der Waals surface area (Å²) >= 11 is 11.2. The topological polar surface area (TPSA) is 50.1 Å². The molecule has 3 aromatic rings. The van der Waals surface area contributed by atoms with Gasteiger partial charge in [0.05, 0.1) is 66.3 Å². The number of allylic oxidation sites excluding steroid dienone is 2. The molecule has 1 aromatic heterocycles. The van der Waals surface area contributed by atoms with Gasteiger partial charge in [-0.15, -0.1) is 23.5 Å². The Hall–Kier alpha value is -1.76. The van der Waals surface area contributed by atoms with E-state index in [-0.39, 0.29) is 0 Å². The molecule has 0 N–H and O–H groups in total. The van der Waals surface area contributed by atoms with Crippen LogP contribution in [0.3, 0.4) is 0 Å². The van der Waals surface area contributed by atoms with Crippen molar-refractivity contribution >= 4 is 70.6 Å². The van der Waals surface area contributed by atoms with Crippen molar-refractivity contribution in [1.82, 2.24) is 0 Å². The molecule has 4 heterocycles. The summed E-state index contributed by atoms with van der Waals surface area (Å²) < 4.78 is 34.4. The second-order valence-corrected chi connectivity index (χ2v) is 15.7. The first-order valence-electron chi connectivity index (χ1n) is 11.9. The monoisotopic (exact) mass is 632 g/mol. The normalized spacial score (nSPS) is 16.2. The van der Waals surface area contributed by atoms with E-state index in [2.05, 4.69) is 12.2 Å². The van der Waals surface area contributed by atoms with Crippen LogP contribution in [0, 0.1) is 0 Å². The second kappa shape index (κ2) is 12.0. The van der Waals surface area contributed by atoms with Gasteiger partial charge in [-0.05, 0) is 36.4 Å². The molecule has 0 saturated carbocycles. The van der Waals surface area contributed by atoms with E-state index in [0.29, 0.717) is 11.5 Å². The zero-order valence-electron chi connectivity index (χ0n) is 21.5. The van der Waals surface area contributed by atoms with Gasteiger partial charge in [-0.2, -0.15) is 0 Å². The van der Waals surface area contributed by atoms with Crippen LogP contribution < -0.4 is 18.9 Å². The first kappa shape index (κ1) is 27.4. The third-order valence-corrected chi connectivity index (χ3v) is 14.2. The van der Waals surface area contributed by atoms with E-state index in [1.165, 1.54) is 28.5 Å². The molecule has 0 saturated heterocycles. The van der Waals surface area contributed by atoms with Crippen molar-refractivity contribution in [3.8, 4) is 45.6 Å². The molecule has 3 aliphatic rings. The first-order valence-corrected chi connectivity index (χ1v) is 17.1. The van der Waals surface area contributed by atoms with Crippen LogP contribution in [0.15, 0.2) is 79.7 Å². The highest BCUT2D eigenvalue weighted by atomic mass is 32.3. The molecule has 0 bridgehead atoms. The van der Waals surface area contributed by atoms with Crippen LogP contribution in [0.4, 0.5) is 0 Å². The molecule has 0 unspecified atom stereocenters. The average molecular weight is 633 g/mol. The van der Waals surface area contributed by atoms with Gasteiger partial charge in [0.1, 0.15) is 23.0 Å². The van der Waals surface area contributed by atoms with Crippen LogP contribution in [0.2, 0.25) is 0 Å². The van der Waals surface area contributed by atoms with Gasteiger partial charge in [0.25, 0.3) is 0 Å². The van der Waals surface area contributed by atoms with Crippen LogP contribution in [-0.4, -0.2) is 39.9 Å². The van der Waals surface area contributed by atoms with Gasteiger partial charge in [0.2, 0.25) is 0 Å². The minimum absolute atomic E-state index is 0.690. The molecule has 0 atom stereocenters. The van der Waals surface area contributed by atoms with Gasteiger partial charge < -0.3 is 23.4 Å². The Morgan fingerprint density at radius 3 is 1.51 bits per heavy atom. The summed E-state index contributed by atoms with van der Waals surface area (Å²) in [7, 11) is 6.62. The number of rotatable bonds is 7. The van der Waals surface area contributed by atoms with Gasteiger partial charge in [0.15, 0.2) is 11.5 Å². The SMILES string of the molecule is COc1ccc(-c2oc(-c3ccc(OC)cc3OC)c3c2SC(=CC=C2SC4=C(SCCS4)S2)S3)c(OC)c1. The zero-order chi connectivity index (χ0) is 26.9. The number of hydrogen-bond acceptors (Lipinski definition) is 11. The number of furan rings is 1. The summed E-state index contributed by atoms with van der Waals surface area (Å²) in [5, 5.41) is 0. The third kappa shape index (κ3) is 5.46. The molecule has 3 aliphatic heterocycles. The van der Waals surface area contributed by atoms with Crippen molar-refractivity contribution in [1.29, 1.82) is 0 Å². The van der Waals surface area contributed by atoms with E-state index in [4.69, 9.17) is 23.4 Å². The van der Waals surface area contributed by atoms with Gasteiger partial charge in [0, 0.05) is 23.6 Å². The van der Waals surface area contributed by atoms with E-state index in [1.54, 1.807) is 52.0 Å². The van der Waals surface area contributed by atoms with Gasteiger partial charge in [-0.3, -0.25) is 0 Å². The number of ether oxygens (including phenoxy) is 4. The Morgan fingerprint density at radius 1 is 0.615 bits per heavy atom. The van der Waals surface area contributed by atoms with Crippen molar-refractivity contribution < 1.29 is 23.4 Å². The second-order valence-electron chi connectivity index (χ2n) is 8.20. The van der Waals surface area contributed by atoms with E-state index in [1.807, 2.05) is 83.4 Å². The van der Waals surface area contributed by atoms with Gasteiger partial charge >= 0.3 is 0 Å². The Kier molecular flexibility index (Phi) is 8.43. The summed E-state index contributed by atoms with van der Waals surface area (Å²) in [6, 6.07) is 11.6. The van der Waals surface area contributed by atoms with E-state index >= 15 is 0 Å². The Morgan fingerprint density at radius 2 is 1.08 bits per heavy atom. The summed E-state index contributed by atoms with van der Waals surface area (Å²) in [5.41, 5.74) is 1.74. The molecular formula is C28H24O5S6. The lowest BCUT2D eigenvalue weighted by Gasteiger charge is -2.11. The molecule has 39 heavy (non-hydrogen) atoms. The first-order chi connectivity index (χ1) is 19.1. The molecule has 0 fully saturated rings. The zero-order valence-corrected chi connectivity index (χ0v) is 26.4. The smallest absolute Gasteiger partial charge is 0.153 e. The molecule has 5 nitrogen and oxygen atoms in total. The third-order valence-electron chi connectivity index (χ3n) is 5.99. The predicted molar refractivity (Wildman–Crippen MR) is 171 cm³/mol. The number of hydrogen-bond donors (Lipinski definition) is 0. The lowest BCUT2D eigenvalue weighted by atomic mass is 10.1. The molecule has 0 spiro atoms. The summed E-state index contributed by atoms with van der Waals surface area (Å²) in [6.07, 6.45) is 4.47. The van der Waals surface area contributed by atoms with Gasteiger partial charge in [-0.25, -0.2) is 0 Å². The highest BCUT2D eigenvalue weighted by Crippen LogP contribution is 2.62. The summed E-state index contributed by atoms with van der Waals surface area (Å²) in [6.45, 7) is 0. The standard InChI is InChI=1S/C28H24O5S6/c1-29-15-5-7-17(19(13-15)31-3)23-25-26(24(33-23)18-8-6-16(30-2)14-20(18)32-4)37-21(36-25)9-10-22-38-27-28(39-22)35-12-11-34-27/h5-10,13-14H,11-12H2,1-4H3. The Labute approximate surface area is 253 Å². The molecule has 0 radical (unpaired) electrons. The quantitative estimate of drug-likeness (QED) is 0.250. The fraction of sp³-hybridized carbons (Fsp3) is 0.214. The van der Waals surface area contributed by atoms with Crippen LogP contribution in [0.1, 0.15) is 0 Å². The minimum atomic E-state index is 0.690. The molecule has 6 rings (SSSR count). The molecule has 202 valence electrons. The summed E-state index contributed by atoms with van der Waals surface area (Å²) in [4.78, 5) is 2.13. The van der Waals surface area contributed by atoms with E-state index < -0.39 is 0 Å². The highest BCUT2D eigenvalue weighted by molar-refractivity contribution is 8.41. The largest absolute Gasteiger partial charge is 0.497 e. The number of benzene rings is 2. The Balaban J connectivity index is 1.41. The Bertz CT molecular complexity index is 1420. The maximum atomic E-state index is 6.64. The predicted octanol–water partition coefficient (Wildman–Crippen LogP) is 9.62. The van der Waals surface area contributed by atoms with Crippen LogP contribution in [-0.2, 0) is 0 Å². The molecule has 0 aliphatic carbocycles. The van der Waals surface area contributed by atoms with Crippen LogP contribution in [0.25, 0.3) is 22.6 Å². The van der Waals surface area contributed by atoms with Crippen molar-refractivity contribution in [2.75, 3.05) is 39.9 Å². The van der Waals surface area contributed by atoms with Gasteiger partial charge in [-0.1, -0.05) is 47.0 Å². The van der Waals surface area contributed by atoms with Crippen molar-refractivity contribution in [3.05, 3.63) is 65.5 Å². The minimum Gasteiger partial charge on any atom is -0.497 e. The van der Waals surface area contributed by atoms with Crippen molar-refractivity contribution in [2.24, 2.45) is 0 Å². The molecule has 11 heteroatoms. The summed E-state index contributed by atoms with van der Waals surface area (Å²) in [5.74, 6) is 6.74. The number of methoxy groups -OCH3 is 4. The molecular weight excluding hydrogens is 609 g/mol. The number of thioether (sulfide) groups is 6. The average Bonchev–Trinajstić information content (AvgIpc) is 3.68. The number of fused-ring (bicyclic) bond motifs is 1. The highest BCUT2D eigenvalue weighted by Gasteiger charge is 2.33. The van der Waals surface area contributed by atoms with E-state index in [0.717, 1.165) is 43.9 Å². The maximum absolute atomic E-state index is 6.64. The van der Waals surface area contributed by atoms with Crippen molar-refractivity contribution in [3.63, 3.8) is 0 Å².